The minimum absolute atomic E-state index is 0.196. The number of rotatable bonds is 8. The molecule has 1 amide bonds. The first-order chi connectivity index (χ1) is 15.2. The molecule has 31 heavy (non-hydrogen) atoms. The van der Waals surface area contributed by atoms with E-state index in [-0.39, 0.29) is 5.91 Å². The topological polar surface area (TPSA) is 91.2 Å². The molecule has 4 rings (SSSR count). The van der Waals surface area contributed by atoms with E-state index in [4.69, 9.17) is 9.47 Å². The number of nitrogens with zero attached hydrogens (tertiary/aromatic N) is 4. The van der Waals surface area contributed by atoms with Crippen LogP contribution in [0.15, 0.2) is 79.1 Å². The van der Waals surface area contributed by atoms with Crippen molar-refractivity contribution in [3.8, 4) is 17.2 Å². The smallest absolute Gasteiger partial charge is 0.251 e. The third-order valence-corrected chi connectivity index (χ3v) is 4.64. The fourth-order valence-electron chi connectivity index (χ4n) is 3.03. The van der Waals surface area contributed by atoms with Crippen LogP contribution in [-0.2, 0) is 13.2 Å². The molecule has 0 fully saturated rings. The van der Waals surface area contributed by atoms with Crippen LogP contribution in [0.25, 0.3) is 5.69 Å². The van der Waals surface area contributed by atoms with Gasteiger partial charge in [-0.2, -0.15) is 0 Å². The number of aromatic nitrogens is 4. The summed E-state index contributed by atoms with van der Waals surface area (Å²) in [4.78, 5) is 12.6. The number of amides is 1. The van der Waals surface area contributed by atoms with Gasteiger partial charge in [-0.05, 0) is 51.9 Å². The number of carbonyl (C=O) groups is 1. The highest BCUT2D eigenvalue weighted by Crippen LogP contribution is 2.29. The highest BCUT2D eigenvalue weighted by molar-refractivity contribution is 5.94. The molecule has 1 heterocycles. The maximum absolute atomic E-state index is 12.6. The molecule has 0 unspecified atom stereocenters. The average Bonchev–Trinajstić information content (AvgIpc) is 3.37. The van der Waals surface area contributed by atoms with Crippen molar-refractivity contribution in [2.24, 2.45) is 0 Å². The second-order valence-corrected chi connectivity index (χ2v) is 6.75. The van der Waals surface area contributed by atoms with Crippen LogP contribution in [0.1, 0.15) is 21.5 Å². The molecule has 0 atom stereocenters. The Balaban J connectivity index is 1.39. The van der Waals surface area contributed by atoms with Gasteiger partial charge in [-0.25, -0.2) is 4.68 Å². The number of nitrogens with one attached hydrogen (secondary N) is 1. The van der Waals surface area contributed by atoms with E-state index in [0.717, 1.165) is 11.1 Å². The molecule has 0 saturated carbocycles. The van der Waals surface area contributed by atoms with Crippen molar-refractivity contribution in [2.45, 2.75) is 13.2 Å². The fourth-order valence-corrected chi connectivity index (χ4v) is 3.03. The van der Waals surface area contributed by atoms with Crippen LogP contribution in [0.4, 0.5) is 0 Å². The Morgan fingerprint density at radius 3 is 2.61 bits per heavy atom. The largest absolute Gasteiger partial charge is 0.493 e. The van der Waals surface area contributed by atoms with Crippen LogP contribution < -0.4 is 14.8 Å². The van der Waals surface area contributed by atoms with Gasteiger partial charge in [0.05, 0.1) is 12.8 Å². The van der Waals surface area contributed by atoms with Gasteiger partial charge in [0.1, 0.15) is 12.9 Å². The van der Waals surface area contributed by atoms with Crippen molar-refractivity contribution in [3.05, 3.63) is 95.8 Å². The molecule has 0 saturated heterocycles. The fraction of sp³-hybridized carbons (Fsp3) is 0.130. The molecule has 0 aliphatic rings. The Bertz CT molecular complexity index is 1150. The van der Waals surface area contributed by atoms with Gasteiger partial charge in [-0.3, -0.25) is 4.79 Å². The van der Waals surface area contributed by atoms with Gasteiger partial charge in [0.2, 0.25) is 0 Å². The maximum atomic E-state index is 12.6. The molecule has 0 radical (unpaired) electrons. The molecule has 3 aromatic carbocycles. The molecule has 8 nitrogen and oxygen atoms in total. The third-order valence-electron chi connectivity index (χ3n) is 4.64. The minimum Gasteiger partial charge on any atom is -0.493 e. The van der Waals surface area contributed by atoms with Crippen LogP contribution in [0.5, 0.6) is 11.5 Å². The number of tetrazole rings is 1. The molecule has 0 bridgehead atoms. The second-order valence-electron chi connectivity index (χ2n) is 6.75. The summed E-state index contributed by atoms with van der Waals surface area (Å²) in [7, 11) is 1.59. The zero-order valence-electron chi connectivity index (χ0n) is 16.9. The van der Waals surface area contributed by atoms with Crippen molar-refractivity contribution >= 4 is 5.91 Å². The highest BCUT2D eigenvalue weighted by Gasteiger charge is 2.10. The van der Waals surface area contributed by atoms with Crippen molar-refractivity contribution in [3.63, 3.8) is 0 Å². The first-order valence-electron chi connectivity index (χ1n) is 9.68. The van der Waals surface area contributed by atoms with Crippen molar-refractivity contribution in [2.75, 3.05) is 7.11 Å². The van der Waals surface area contributed by atoms with Crippen molar-refractivity contribution in [1.29, 1.82) is 0 Å². The van der Waals surface area contributed by atoms with E-state index in [2.05, 4.69) is 20.8 Å². The number of hydrogen-bond acceptors (Lipinski definition) is 6. The molecular formula is C23H21N5O3. The van der Waals surface area contributed by atoms with E-state index in [0.29, 0.717) is 35.9 Å². The van der Waals surface area contributed by atoms with E-state index in [1.807, 2.05) is 54.6 Å². The van der Waals surface area contributed by atoms with Gasteiger partial charge >= 0.3 is 0 Å². The lowest BCUT2D eigenvalue weighted by atomic mass is 10.1. The van der Waals surface area contributed by atoms with E-state index >= 15 is 0 Å². The zero-order chi connectivity index (χ0) is 21.5. The van der Waals surface area contributed by atoms with Crippen molar-refractivity contribution in [1.82, 2.24) is 25.5 Å². The summed E-state index contributed by atoms with van der Waals surface area (Å²) in [6, 6.07) is 22.6. The van der Waals surface area contributed by atoms with Gasteiger partial charge in [0.25, 0.3) is 5.91 Å². The second kappa shape index (κ2) is 9.53. The Hall–Kier alpha value is -4.20. The summed E-state index contributed by atoms with van der Waals surface area (Å²) < 4.78 is 12.8. The van der Waals surface area contributed by atoms with E-state index in [1.54, 1.807) is 25.3 Å². The predicted octanol–water partition coefficient (Wildman–Crippen LogP) is 3.18. The molecule has 0 aliphatic carbocycles. The summed E-state index contributed by atoms with van der Waals surface area (Å²) in [5, 5.41) is 14.0. The number of ether oxygens (including phenoxy) is 2. The van der Waals surface area contributed by atoms with Gasteiger partial charge in [-0.15, -0.1) is 5.10 Å². The lowest BCUT2D eigenvalue weighted by Gasteiger charge is -2.13. The van der Waals surface area contributed by atoms with Crippen LogP contribution >= 0.6 is 0 Å². The number of hydrogen-bond donors (Lipinski definition) is 1. The molecule has 0 spiro atoms. The standard InChI is InChI=1S/C23H21N5O3/c1-30-22-12-18(10-11-21(22)31-15-17-6-3-2-4-7-17)14-24-23(29)19-8-5-9-20(13-19)28-16-25-26-27-28/h2-13,16H,14-15H2,1H3,(H,24,29). The SMILES string of the molecule is COc1cc(CNC(=O)c2cccc(-n3cnnn3)c2)ccc1OCc1ccccc1. The van der Waals surface area contributed by atoms with Crippen LogP contribution in [-0.4, -0.2) is 33.2 Å². The monoisotopic (exact) mass is 415 g/mol. The molecule has 4 aromatic rings. The van der Waals surface area contributed by atoms with Crippen molar-refractivity contribution < 1.29 is 14.3 Å². The molecule has 8 heteroatoms. The average molecular weight is 415 g/mol. The summed E-state index contributed by atoms with van der Waals surface area (Å²) in [5.74, 6) is 1.07. The lowest BCUT2D eigenvalue weighted by molar-refractivity contribution is 0.0951. The number of carbonyl (C=O) groups excluding carboxylic acids is 1. The van der Waals surface area contributed by atoms with Crippen LogP contribution in [0, 0.1) is 0 Å². The lowest BCUT2D eigenvalue weighted by Crippen LogP contribution is -2.23. The maximum Gasteiger partial charge on any atom is 0.251 e. The van der Waals surface area contributed by atoms with Gasteiger partial charge < -0.3 is 14.8 Å². The first kappa shape index (κ1) is 20.1. The summed E-state index contributed by atoms with van der Waals surface area (Å²) in [6.45, 7) is 0.800. The molecule has 1 N–H and O–H groups in total. The van der Waals surface area contributed by atoms with Crippen LogP contribution in [0.3, 0.4) is 0 Å². The van der Waals surface area contributed by atoms with E-state index in [9.17, 15) is 4.79 Å². The number of methoxy groups -OCH3 is 1. The Morgan fingerprint density at radius 1 is 0.968 bits per heavy atom. The predicted molar refractivity (Wildman–Crippen MR) is 114 cm³/mol. The first-order valence-corrected chi connectivity index (χ1v) is 9.68. The Morgan fingerprint density at radius 2 is 1.84 bits per heavy atom. The highest BCUT2D eigenvalue weighted by atomic mass is 16.5. The summed E-state index contributed by atoms with van der Waals surface area (Å²) in [6.07, 6.45) is 1.48. The molecule has 1 aromatic heterocycles. The third kappa shape index (κ3) is 5.05. The van der Waals surface area contributed by atoms with Gasteiger partial charge in [0.15, 0.2) is 11.5 Å². The van der Waals surface area contributed by atoms with Gasteiger partial charge in [-0.1, -0.05) is 42.5 Å². The summed E-state index contributed by atoms with van der Waals surface area (Å²) in [5.41, 5.74) is 3.20. The van der Waals surface area contributed by atoms with Crippen LogP contribution in [0.2, 0.25) is 0 Å². The van der Waals surface area contributed by atoms with E-state index < -0.39 is 0 Å². The number of benzene rings is 3. The van der Waals surface area contributed by atoms with E-state index in [1.165, 1.54) is 11.0 Å². The van der Waals surface area contributed by atoms with Gasteiger partial charge in [0, 0.05) is 12.1 Å². The zero-order valence-corrected chi connectivity index (χ0v) is 16.9. The molecular weight excluding hydrogens is 394 g/mol. The summed E-state index contributed by atoms with van der Waals surface area (Å²) >= 11 is 0. The quantitative estimate of drug-likeness (QED) is 0.475. The normalized spacial score (nSPS) is 10.5. The molecule has 0 aliphatic heterocycles. The minimum atomic E-state index is -0.196. The Labute approximate surface area is 179 Å². The molecule has 156 valence electrons. The Kier molecular flexibility index (Phi) is 6.18.